The second-order valence-corrected chi connectivity index (χ2v) is 8.35. The van der Waals surface area contributed by atoms with E-state index in [0.717, 1.165) is 19.3 Å². The summed E-state index contributed by atoms with van der Waals surface area (Å²) in [6.45, 7) is 3.55. The molecule has 0 radical (unpaired) electrons. The van der Waals surface area contributed by atoms with Crippen LogP contribution in [0.1, 0.15) is 36.5 Å². The molecule has 1 heterocycles. The number of hydrogen-bond acceptors (Lipinski definition) is 3. The van der Waals surface area contributed by atoms with Gasteiger partial charge < -0.3 is 4.90 Å². The summed E-state index contributed by atoms with van der Waals surface area (Å²) in [5.74, 6) is 0.425. The average Bonchev–Trinajstić information content (AvgIpc) is 2.62. The molecule has 7 heteroatoms. The van der Waals surface area contributed by atoms with E-state index in [0.29, 0.717) is 24.6 Å². The Hall–Kier alpha value is -0.780. The number of rotatable bonds is 2. The Kier molecular flexibility index (Phi) is 5.17. The smallest absolute Gasteiger partial charge is 0.262 e. The molecule has 0 aromatic heterocycles. The van der Waals surface area contributed by atoms with Gasteiger partial charge in [0, 0.05) is 29.3 Å². The van der Waals surface area contributed by atoms with Gasteiger partial charge in [-0.3, -0.25) is 4.79 Å². The fourth-order valence-electron chi connectivity index (χ4n) is 2.47. The minimum absolute atomic E-state index is 0.0195. The summed E-state index contributed by atoms with van der Waals surface area (Å²) in [5, 5.41) is 0.0195. The molecule has 1 unspecified atom stereocenters. The molecule has 1 aliphatic rings. The molecular weight excluding hydrogens is 333 g/mol. The number of carbonyl (C=O) groups is 1. The molecule has 0 N–H and O–H groups in total. The van der Waals surface area contributed by atoms with Gasteiger partial charge in [-0.05, 0) is 43.4 Å². The quantitative estimate of drug-likeness (QED) is 0.767. The molecule has 2 rings (SSSR count). The zero-order chi connectivity index (χ0) is 15.6. The van der Waals surface area contributed by atoms with E-state index in [4.69, 9.17) is 22.3 Å². The van der Waals surface area contributed by atoms with Crippen LogP contribution in [0.5, 0.6) is 0 Å². The molecule has 4 nitrogen and oxygen atoms in total. The van der Waals surface area contributed by atoms with E-state index in [2.05, 4.69) is 6.92 Å². The third-order valence-electron chi connectivity index (χ3n) is 3.74. The highest BCUT2D eigenvalue weighted by Crippen LogP contribution is 2.27. The third kappa shape index (κ3) is 4.11. The molecule has 21 heavy (non-hydrogen) atoms. The second-order valence-electron chi connectivity index (χ2n) is 5.41. The van der Waals surface area contributed by atoms with Crippen LogP contribution < -0.4 is 0 Å². The lowest BCUT2D eigenvalue weighted by atomic mass is 10.0. The number of nitrogens with zero attached hydrogens (tertiary/aromatic N) is 1. The molecule has 1 aliphatic heterocycles. The van der Waals surface area contributed by atoms with Crippen LogP contribution in [0, 0.1) is 5.92 Å². The predicted octanol–water partition coefficient (Wildman–Crippen LogP) is 3.53. The van der Waals surface area contributed by atoms with Crippen molar-refractivity contribution in [2.45, 2.75) is 31.1 Å². The first-order chi connectivity index (χ1) is 9.79. The maximum Gasteiger partial charge on any atom is 0.262 e. The summed E-state index contributed by atoms with van der Waals surface area (Å²) in [5.41, 5.74) is 0.299. The van der Waals surface area contributed by atoms with Gasteiger partial charge in [-0.25, -0.2) is 8.42 Å². The summed E-state index contributed by atoms with van der Waals surface area (Å²) in [7, 11) is 1.37. The lowest BCUT2D eigenvalue weighted by Gasteiger charge is -2.20. The highest BCUT2D eigenvalue weighted by Gasteiger charge is 2.22. The van der Waals surface area contributed by atoms with E-state index >= 15 is 0 Å². The fraction of sp³-hybridized carbons (Fsp3) is 0.500. The van der Waals surface area contributed by atoms with Crippen LogP contribution in [0.4, 0.5) is 0 Å². The van der Waals surface area contributed by atoms with Crippen LogP contribution in [-0.2, 0) is 9.05 Å². The number of halogens is 2. The monoisotopic (exact) mass is 349 g/mol. The summed E-state index contributed by atoms with van der Waals surface area (Å²) in [6, 6.07) is 4.18. The van der Waals surface area contributed by atoms with Crippen LogP contribution in [0.25, 0.3) is 0 Å². The van der Waals surface area contributed by atoms with E-state index in [9.17, 15) is 13.2 Å². The summed E-state index contributed by atoms with van der Waals surface area (Å²) in [4.78, 5) is 14.0. The number of amides is 1. The first kappa shape index (κ1) is 16.6. The average molecular weight is 350 g/mol. The molecule has 1 amide bonds. The van der Waals surface area contributed by atoms with Crippen molar-refractivity contribution < 1.29 is 13.2 Å². The Morgan fingerprint density at radius 2 is 2.00 bits per heavy atom. The van der Waals surface area contributed by atoms with Crippen molar-refractivity contribution in [2.24, 2.45) is 5.92 Å². The van der Waals surface area contributed by atoms with Crippen LogP contribution >= 0.6 is 22.3 Å². The minimum atomic E-state index is -3.97. The highest BCUT2D eigenvalue weighted by molar-refractivity contribution is 8.13. The predicted molar refractivity (Wildman–Crippen MR) is 83.4 cm³/mol. The first-order valence-corrected chi connectivity index (χ1v) is 9.51. The Balaban J connectivity index is 2.27. The normalized spacial score (nSPS) is 20.1. The van der Waals surface area contributed by atoms with Gasteiger partial charge in [0.15, 0.2) is 0 Å². The number of carbonyl (C=O) groups excluding carboxylic acids is 1. The van der Waals surface area contributed by atoms with E-state index in [1.165, 1.54) is 18.2 Å². The molecule has 0 spiro atoms. The Labute approximate surface area is 134 Å². The largest absolute Gasteiger partial charge is 0.339 e. The number of likely N-dealkylation sites (tertiary alicyclic amines) is 1. The van der Waals surface area contributed by atoms with Crippen molar-refractivity contribution in [3.63, 3.8) is 0 Å². The van der Waals surface area contributed by atoms with Crippen molar-refractivity contribution in [1.82, 2.24) is 4.90 Å². The molecule has 1 saturated heterocycles. The van der Waals surface area contributed by atoms with E-state index in [1.54, 1.807) is 4.90 Å². The van der Waals surface area contributed by atoms with E-state index in [1.807, 2.05) is 0 Å². The minimum Gasteiger partial charge on any atom is -0.339 e. The zero-order valence-corrected chi connectivity index (χ0v) is 14.0. The van der Waals surface area contributed by atoms with E-state index < -0.39 is 9.05 Å². The number of benzene rings is 1. The van der Waals surface area contributed by atoms with Crippen molar-refractivity contribution in [3.05, 3.63) is 28.8 Å². The Morgan fingerprint density at radius 3 is 2.67 bits per heavy atom. The van der Waals surface area contributed by atoms with Gasteiger partial charge in [0.25, 0.3) is 15.0 Å². The van der Waals surface area contributed by atoms with Crippen molar-refractivity contribution in [3.8, 4) is 0 Å². The standard InChI is InChI=1S/C14H17Cl2NO3S/c1-10-3-2-7-17(8-6-10)14(18)11-4-5-12(15)13(9-11)21(16,19)20/h4-5,9-10H,2-3,6-8H2,1H3. The van der Waals surface area contributed by atoms with Gasteiger partial charge in [-0.2, -0.15) is 0 Å². The van der Waals surface area contributed by atoms with Crippen LogP contribution in [0.3, 0.4) is 0 Å². The summed E-state index contributed by atoms with van der Waals surface area (Å²) in [6.07, 6.45) is 3.02. The Bertz CT molecular complexity index is 646. The molecule has 1 atom stereocenters. The van der Waals surface area contributed by atoms with Gasteiger partial charge in [-0.15, -0.1) is 0 Å². The lowest BCUT2D eigenvalue weighted by Crippen LogP contribution is -2.32. The van der Waals surface area contributed by atoms with Gasteiger partial charge in [0.05, 0.1) is 5.02 Å². The molecular formula is C14H17Cl2NO3S. The van der Waals surface area contributed by atoms with Crippen LogP contribution in [-0.4, -0.2) is 32.3 Å². The summed E-state index contributed by atoms with van der Waals surface area (Å²) >= 11 is 5.83. The molecule has 0 bridgehead atoms. The van der Waals surface area contributed by atoms with Crippen molar-refractivity contribution in [1.29, 1.82) is 0 Å². The molecule has 1 aromatic rings. The second kappa shape index (κ2) is 6.55. The number of hydrogen-bond donors (Lipinski definition) is 0. The Morgan fingerprint density at radius 1 is 1.29 bits per heavy atom. The first-order valence-electron chi connectivity index (χ1n) is 6.82. The molecule has 1 fully saturated rings. The van der Waals surface area contributed by atoms with Gasteiger partial charge in [0.1, 0.15) is 4.90 Å². The molecule has 1 aromatic carbocycles. The summed E-state index contributed by atoms with van der Waals surface area (Å²) < 4.78 is 22.9. The maximum atomic E-state index is 12.5. The van der Waals surface area contributed by atoms with Gasteiger partial charge in [0.2, 0.25) is 0 Å². The van der Waals surface area contributed by atoms with E-state index in [-0.39, 0.29) is 15.8 Å². The third-order valence-corrected chi connectivity index (χ3v) is 5.55. The highest BCUT2D eigenvalue weighted by atomic mass is 35.7. The van der Waals surface area contributed by atoms with Crippen LogP contribution in [0.2, 0.25) is 5.02 Å². The fourth-order valence-corrected chi connectivity index (χ4v) is 3.96. The lowest BCUT2D eigenvalue weighted by molar-refractivity contribution is 0.0760. The maximum absolute atomic E-state index is 12.5. The topological polar surface area (TPSA) is 54.5 Å². The molecule has 0 aliphatic carbocycles. The van der Waals surface area contributed by atoms with Gasteiger partial charge >= 0.3 is 0 Å². The zero-order valence-electron chi connectivity index (χ0n) is 11.7. The van der Waals surface area contributed by atoms with Crippen molar-refractivity contribution >= 4 is 37.2 Å². The SMILES string of the molecule is CC1CCCN(C(=O)c2ccc(Cl)c(S(=O)(=O)Cl)c2)CC1. The van der Waals surface area contributed by atoms with Crippen LogP contribution in [0.15, 0.2) is 23.1 Å². The van der Waals surface area contributed by atoms with Gasteiger partial charge in [-0.1, -0.05) is 18.5 Å². The molecule has 116 valence electrons. The molecule has 0 saturated carbocycles. The van der Waals surface area contributed by atoms with Crippen molar-refractivity contribution in [2.75, 3.05) is 13.1 Å².